The minimum atomic E-state index is -0.298. The van der Waals surface area contributed by atoms with Gasteiger partial charge in [-0.05, 0) is 32.8 Å². The van der Waals surface area contributed by atoms with Gasteiger partial charge < -0.3 is 15.2 Å². The number of nitrogens with one attached hydrogen (secondary N) is 2. The Morgan fingerprint density at radius 1 is 1.30 bits per heavy atom. The van der Waals surface area contributed by atoms with Crippen LogP contribution in [0.15, 0.2) is 31.0 Å². The van der Waals surface area contributed by atoms with E-state index >= 15 is 0 Å². The third kappa shape index (κ3) is 3.93. The van der Waals surface area contributed by atoms with Crippen LogP contribution in [0.1, 0.15) is 33.1 Å². The second-order valence-electron chi connectivity index (χ2n) is 9.38. The number of carbonyl (C=O) groups excluding carboxylic acids is 1. The number of nitriles is 1. The lowest BCUT2D eigenvalue weighted by molar-refractivity contribution is -0.0130. The van der Waals surface area contributed by atoms with E-state index in [1.807, 2.05) is 48.1 Å². The first-order valence-corrected chi connectivity index (χ1v) is 11.5. The lowest BCUT2D eigenvalue weighted by Crippen LogP contribution is -2.61. The van der Waals surface area contributed by atoms with E-state index in [2.05, 4.69) is 36.3 Å². The molecule has 0 radical (unpaired) electrons. The molecular formula is C23H29N9O. The summed E-state index contributed by atoms with van der Waals surface area (Å²) < 4.78 is 1.97. The highest BCUT2D eigenvalue weighted by atomic mass is 16.2. The SMILES string of the molecule is CC(C)NC(=O)N1CCN([C@H]2C[C@](CC#N)(n3cc(-c4ncnc5[nH]ccc45)cn3)C2)CC1. The Morgan fingerprint density at radius 2 is 2.09 bits per heavy atom. The molecule has 3 aromatic rings. The average molecular weight is 448 g/mol. The molecular weight excluding hydrogens is 418 g/mol. The van der Waals surface area contributed by atoms with Crippen molar-refractivity contribution in [2.45, 2.75) is 50.7 Å². The molecule has 5 rings (SSSR count). The summed E-state index contributed by atoms with van der Waals surface area (Å²) in [5.74, 6) is 0. The number of amides is 2. The van der Waals surface area contributed by atoms with Crippen LogP contribution in [-0.2, 0) is 5.54 Å². The van der Waals surface area contributed by atoms with Crippen molar-refractivity contribution in [2.24, 2.45) is 0 Å². The molecule has 10 heteroatoms. The number of aromatic nitrogens is 5. The van der Waals surface area contributed by atoms with Crippen LogP contribution < -0.4 is 5.32 Å². The van der Waals surface area contributed by atoms with Crippen molar-refractivity contribution in [3.05, 3.63) is 31.0 Å². The maximum Gasteiger partial charge on any atom is 0.317 e. The van der Waals surface area contributed by atoms with E-state index in [0.717, 1.165) is 61.3 Å². The topological polar surface area (TPSA) is 119 Å². The Labute approximate surface area is 192 Å². The van der Waals surface area contributed by atoms with Crippen LogP contribution in [0.2, 0.25) is 0 Å². The summed E-state index contributed by atoms with van der Waals surface area (Å²) in [4.78, 5) is 28.4. The highest BCUT2D eigenvalue weighted by Crippen LogP contribution is 2.45. The molecule has 2 amide bonds. The molecule has 1 aliphatic heterocycles. The molecule has 0 unspecified atom stereocenters. The molecule has 0 bridgehead atoms. The summed E-state index contributed by atoms with van der Waals surface area (Å²) >= 11 is 0. The van der Waals surface area contributed by atoms with Gasteiger partial charge in [0.25, 0.3) is 0 Å². The normalized spacial score (nSPS) is 23.5. The minimum absolute atomic E-state index is 0.0161. The van der Waals surface area contributed by atoms with Crippen molar-refractivity contribution in [3.8, 4) is 17.3 Å². The van der Waals surface area contributed by atoms with Crippen molar-refractivity contribution in [1.82, 2.24) is 39.8 Å². The summed E-state index contributed by atoms with van der Waals surface area (Å²) in [7, 11) is 0. The van der Waals surface area contributed by atoms with Crippen molar-refractivity contribution in [2.75, 3.05) is 26.2 Å². The fraction of sp³-hybridized carbons (Fsp3) is 0.522. The number of H-pyrrole nitrogens is 1. The zero-order valence-electron chi connectivity index (χ0n) is 19.0. The summed E-state index contributed by atoms with van der Waals surface area (Å²) in [6, 6.07) is 4.90. The minimum Gasteiger partial charge on any atom is -0.346 e. The highest BCUT2D eigenvalue weighted by Gasteiger charge is 2.49. The van der Waals surface area contributed by atoms with E-state index in [1.165, 1.54) is 0 Å². The van der Waals surface area contributed by atoms with E-state index in [9.17, 15) is 10.1 Å². The molecule has 33 heavy (non-hydrogen) atoms. The number of nitrogens with zero attached hydrogens (tertiary/aromatic N) is 7. The summed E-state index contributed by atoms with van der Waals surface area (Å²) in [5, 5.41) is 18.1. The largest absolute Gasteiger partial charge is 0.346 e. The Kier molecular flexibility index (Phi) is 5.50. The zero-order valence-corrected chi connectivity index (χ0v) is 19.0. The monoisotopic (exact) mass is 447 g/mol. The average Bonchev–Trinajstić information content (AvgIpc) is 3.45. The van der Waals surface area contributed by atoms with Crippen molar-refractivity contribution in [1.29, 1.82) is 5.26 Å². The van der Waals surface area contributed by atoms with E-state index in [1.54, 1.807) is 6.33 Å². The van der Waals surface area contributed by atoms with Gasteiger partial charge >= 0.3 is 6.03 Å². The molecule has 10 nitrogen and oxygen atoms in total. The van der Waals surface area contributed by atoms with Gasteiger partial charge in [0.15, 0.2) is 0 Å². The second kappa shape index (κ2) is 8.48. The molecule has 2 fully saturated rings. The Hall–Kier alpha value is -3.45. The van der Waals surface area contributed by atoms with Gasteiger partial charge in [-0.3, -0.25) is 9.58 Å². The quantitative estimate of drug-likeness (QED) is 0.620. The van der Waals surface area contributed by atoms with E-state index in [4.69, 9.17) is 0 Å². The lowest BCUT2D eigenvalue weighted by atomic mass is 9.70. The molecule has 0 atom stereocenters. The predicted octanol–water partition coefficient (Wildman–Crippen LogP) is 2.33. The van der Waals surface area contributed by atoms with Crippen molar-refractivity contribution >= 4 is 17.1 Å². The van der Waals surface area contributed by atoms with Gasteiger partial charge in [0, 0.05) is 61.6 Å². The first kappa shape index (κ1) is 21.4. The molecule has 3 aromatic heterocycles. The van der Waals surface area contributed by atoms with Gasteiger partial charge in [-0.25, -0.2) is 14.8 Å². The molecule has 0 aromatic carbocycles. The van der Waals surface area contributed by atoms with Crippen LogP contribution in [0.4, 0.5) is 4.79 Å². The maximum atomic E-state index is 12.3. The summed E-state index contributed by atoms with van der Waals surface area (Å²) in [6.45, 7) is 7.12. The molecule has 1 aliphatic carbocycles. The van der Waals surface area contributed by atoms with Gasteiger partial charge in [-0.1, -0.05) is 0 Å². The Morgan fingerprint density at radius 3 is 2.82 bits per heavy atom. The molecule has 1 saturated carbocycles. The molecule has 0 spiro atoms. The smallest absolute Gasteiger partial charge is 0.317 e. The Bertz CT molecular complexity index is 1180. The second-order valence-corrected chi connectivity index (χ2v) is 9.38. The zero-order chi connectivity index (χ0) is 23.0. The third-order valence-corrected chi connectivity index (χ3v) is 6.87. The number of piperazine rings is 1. The van der Waals surface area contributed by atoms with Gasteiger partial charge in [0.2, 0.25) is 0 Å². The van der Waals surface area contributed by atoms with Gasteiger partial charge in [0.05, 0.1) is 29.9 Å². The number of hydrogen-bond donors (Lipinski definition) is 2. The fourth-order valence-electron chi connectivity index (χ4n) is 5.07. The standard InChI is InChI=1S/C23H29N9O/c1-16(2)29-22(33)31-9-7-30(8-10-31)18-11-23(12-18,4-5-24)32-14-17(13-28-32)20-19-3-6-25-21(19)27-15-26-20/h3,6,13-16,18H,4,7-12H2,1-2H3,(H,29,33)(H,25,26,27)/t18-,23-. The molecule has 172 valence electrons. The summed E-state index contributed by atoms with van der Waals surface area (Å²) in [6.07, 6.45) is 9.42. The molecule has 2 N–H and O–H groups in total. The Balaban J connectivity index is 1.26. The lowest BCUT2D eigenvalue weighted by Gasteiger charge is -2.52. The van der Waals surface area contributed by atoms with Gasteiger partial charge in [-0.15, -0.1) is 0 Å². The van der Waals surface area contributed by atoms with E-state index in [0.29, 0.717) is 12.5 Å². The van der Waals surface area contributed by atoms with Gasteiger partial charge in [-0.2, -0.15) is 10.4 Å². The van der Waals surface area contributed by atoms with Crippen LogP contribution >= 0.6 is 0 Å². The number of hydrogen-bond acceptors (Lipinski definition) is 6. The van der Waals surface area contributed by atoms with Crippen LogP contribution in [0, 0.1) is 11.3 Å². The van der Waals surface area contributed by atoms with Crippen LogP contribution in [-0.4, -0.2) is 78.8 Å². The van der Waals surface area contributed by atoms with E-state index < -0.39 is 0 Å². The van der Waals surface area contributed by atoms with Crippen molar-refractivity contribution < 1.29 is 4.79 Å². The van der Waals surface area contributed by atoms with E-state index in [-0.39, 0.29) is 17.6 Å². The number of rotatable bonds is 5. The predicted molar refractivity (Wildman–Crippen MR) is 123 cm³/mol. The van der Waals surface area contributed by atoms with Crippen LogP contribution in [0.5, 0.6) is 0 Å². The molecule has 1 saturated heterocycles. The first-order chi connectivity index (χ1) is 16.0. The number of carbonyl (C=O) groups is 1. The number of urea groups is 1. The number of fused-ring (bicyclic) bond motifs is 1. The van der Waals surface area contributed by atoms with Gasteiger partial charge in [0.1, 0.15) is 12.0 Å². The fourth-order valence-corrected chi connectivity index (χ4v) is 5.07. The maximum absolute atomic E-state index is 12.3. The first-order valence-electron chi connectivity index (χ1n) is 11.5. The van der Waals surface area contributed by atoms with Crippen LogP contribution in [0.3, 0.4) is 0 Å². The third-order valence-electron chi connectivity index (χ3n) is 6.87. The van der Waals surface area contributed by atoms with Crippen molar-refractivity contribution in [3.63, 3.8) is 0 Å². The van der Waals surface area contributed by atoms with Crippen LogP contribution in [0.25, 0.3) is 22.3 Å². The highest BCUT2D eigenvalue weighted by molar-refractivity contribution is 5.90. The summed E-state index contributed by atoms with van der Waals surface area (Å²) in [5.41, 5.74) is 2.26. The number of aromatic amines is 1. The molecule has 2 aliphatic rings. The molecule has 4 heterocycles.